The molecule has 1 aliphatic carbocycles. The minimum atomic E-state index is -5.43. The van der Waals surface area contributed by atoms with Gasteiger partial charge in [0.15, 0.2) is 0 Å². The lowest BCUT2D eigenvalue weighted by molar-refractivity contribution is -0.152. The molecule has 1 aliphatic rings. The number of hydrogen-bond acceptors (Lipinski definition) is 4. The minimum absolute atomic E-state index is 0.0234. The van der Waals surface area contributed by atoms with Gasteiger partial charge < -0.3 is 20.4 Å². The van der Waals surface area contributed by atoms with Gasteiger partial charge in [-0.1, -0.05) is 6.08 Å². The van der Waals surface area contributed by atoms with Crippen molar-refractivity contribution in [2.24, 2.45) is 5.92 Å². The maximum atomic E-state index is 13.2. The number of benzene rings is 1. The normalized spacial score (nSPS) is 21.4. The molecule has 0 saturated heterocycles. The maximum absolute atomic E-state index is 13.2. The van der Waals surface area contributed by atoms with Crippen LogP contribution in [-0.4, -0.2) is 44.3 Å². The van der Waals surface area contributed by atoms with Gasteiger partial charge in [-0.05, 0) is 29.8 Å². The molecule has 0 heterocycles. The number of carboxylic acids is 4. The summed E-state index contributed by atoms with van der Waals surface area (Å²) in [4.78, 5) is 46.6. The van der Waals surface area contributed by atoms with Crippen LogP contribution in [0.5, 0.6) is 0 Å². The van der Waals surface area contributed by atoms with Crippen molar-refractivity contribution in [3.05, 3.63) is 58.2 Å². The highest BCUT2D eigenvalue weighted by molar-refractivity contribution is 6.09. The first-order chi connectivity index (χ1) is 14.4. The summed E-state index contributed by atoms with van der Waals surface area (Å²) < 4.78 is 79.4. The molecule has 14 heteroatoms. The van der Waals surface area contributed by atoms with Crippen molar-refractivity contribution in [3.63, 3.8) is 0 Å². The van der Waals surface area contributed by atoms with Crippen LogP contribution in [0.1, 0.15) is 16.7 Å². The van der Waals surface area contributed by atoms with Crippen LogP contribution in [-0.2, 0) is 36.9 Å². The topological polar surface area (TPSA) is 149 Å². The second-order valence-electron chi connectivity index (χ2n) is 6.53. The Bertz CT molecular complexity index is 1050. The smallest absolute Gasteiger partial charge is 0.416 e. The Morgan fingerprint density at radius 1 is 0.750 bits per heavy atom. The molecule has 0 spiro atoms. The molecular weight excluding hydrogens is 458 g/mol. The lowest BCUT2D eigenvalue weighted by atomic mass is 9.65. The predicted octanol–water partition coefficient (Wildman–Crippen LogP) is 2.78. The molecule has 0 amide bonds. The molecule has 0 fully saturated rings. The zero-order valence-electron chi connectivity index (χ0n) is 15.2. The van der Waals surface area contributed by atoms with E-state index in [1.165, 1.54) is 0 Å². The van der Waals surface area contributed by atoms with Crippen molar-refractivity contribution in [1.29, 1.82) is 0 Å². The number of carboxylic acid groups (broad SMARTS) is 4. The second-order valence-corrected chi connectivity index (χ2v) is 6.53. The van der Waals surface area contributed by atoms with Crippen LogP contribution in [0.2, 0.25) is 0 Å². The molecular formula is C18H10F6O8. The quantitative estimate of drug-likeness (QED) is 0.482. The fourth-order valence-corrected chi connectivity index (χ4v) is 3.19. The number of alkyl halides is 6. The van der Waals surface area contributed by atoms with Gasteiger partial charge in [-0.2, -0.15) is 26.3 Å². The van der Waals surface area contributed by atoms with Crippen LogP contribution < -0.4 is 0 Å². The third kappa shape index (κ3) is 4.15. The summed E-state index contributed by atoms with van der Waals surface area (Å²) in [7, 11) is 0. The van der Waals surface area contributed by atoms with E-state index in [0.717, 1.165) is 0 Å². The molecule has 172 valence electrons. The summed E-state index contributed by atoms with van der Waals surface area (Å²) in [5.74, 6) is -11.1. The van der Waals surface area contributed by atoms with Crippen LogP contribution in [0.15, 0.2) is 41.5 Å². The summed E-state index contributed by atoms with van der Waals surface area (Å²) in [5.41, 5.74) is -11.2. The van der Waals surface area contributed by atoms with Crippen LogP contribution in [0.25, 0.3) is 0 Å². The van der Waals surface area contributed by atoms with Gasteiger partial charge in [0.05, 0.1) is 28.2 Å². The Kier molecular flexibility index (Phi) is 5.87. The molecule has 32 heavy (non-hydrogen) atoms. The monoisotopic (exact) mass is 468 g/mol. The first-order valence-electron chi connectivity index (χ1n) is 8.10. The summed E-state index contributed by atoms with van der Waals surface area (Å²) >= 11 is 0. The van der Waals surface area contributed by atoms with Crippen molar-refractivity contribution in [2.45, 2.75) is 17.8 Å². The number of aliphatic carboxylic acids is 4. The standard InChI is InChI=1S/C18H10F6O8/c19-17(20,21)7-1-6(2-8(3-7)18(22,23)24)16(15(31)32)5-10(13(27)28)9(12(25)26)4-11(16)14(29)30/h1-5,11H,(H,25,26)(H,27,28)(H,29,30)(H,31,32). The lowest BCUT2D eigenvalue weighted by Crippen LogP contribution is -2.47. The Morgan fingerprint density at radius 2 is 1.19 bits per heavy atom. The van der Waals surface area contributed by atoms with Crippen LogP contribution >= 0.6 is 0 Å². The average molecular weight is 468 g/mol. The molecule has 1 aromatic carbocycles. The fraction of sp³-hybridized carbons (Fsp3) is 0.222. The highest BCUT2D eigenvalue weighted by Crippen LogP contribution is 2.45. The first-order valence-corrected chi connectivity index (χ1v) is 8.10. The molecule has 0 saturated carbocycles. The number of halogens is 6. The Hall–Kier alpha value is -3.84. The van der Waals surface area contributed by atoms with Crippen molar-refractivity contribution >= 4 is 23.9 Å². The lowest BCUT2D eigenvalue weighted by Gasteiger charge is -2.35. The molecule has 1 aromatic rings. The van der Waals surface area contributed by atoms with E-state index in [1.54, 1.807) is 0 Å². The number of carbonyl (C=O) groups is 4. The van der Waals surface area contributed by atoms with Crippen molar-refractivity contribution in [2.75, 3.05) is 0 Å². The van der Waals surface area contributed by atoms with E-state index in [2.05, 4.69) is 0 Å². The van der Waals surface area contributed by atoms with Gasteiger partial charge in [-0.3, -0.25) is 9.59 Å². The summed E-state index contributed by atoms with van der Waals surface area (Å²) in [6.45, 7) is 0. The molecule has 2 rings (SSSR count). The van der Waals surface area contributed by atoms with Gasteiger partial charge in [-0.25, -0.2) is 9.59 Å². The molecule has 8 nitrogen and oxygen atoms in total. The van der Waals surface area contributed by atoms with Crippen LogP contribution in [0, 0.1) is 5.92 Å². The molecule has 2 unspecified atom stereocenters. The van der Waals surface area contributed by atoms with E-state index < -0.39 is 75.4 Å². The molecule has 0 aliphatic heterocycles. The van der Waals surface area contributed by atoms with Gasteiger partial charge in [0, 0.05) is 0 Å². The third-order valence-corrected chi connectivity index (χ3v) is 4.63. The second kappa shape index (κ2) is 7.69. The highest BCUT2D eigenvalue weighted by atomic mass is 19.4. The van der Waals surface area contributed by atoms with E-state index in [0.29, 0.717) is 0 Å². The molecule has 2 atom stereocenters. The first kappa shape index (κ1) is 24.4. The number of rotatable bonds is 5. The summed E-state index contributed by atoms with van der Waals surface area (Å²) in [5, 5.41) is 37.5. The Balaban J connectivity index is 3.06. The SMILES string of the molecule is O=C(O)C1=CC(C(=O)O)C(C(=O)O)(c2cc(C(F)(F)F)cc(C(F)(F)F)c2)C=C1C(=O)O. The maximum Gasteiger partial charge on any atom is 0.416 e. The van der Waals surface area contributed by atoms with Gasteiger partial charge in [0.2, 0.25) is 0 Å². The van der Waals surface area contributed by atoms with Gasteiger partial charge in [0.25, 0.3) is 0 Å². The Morgan fingerprint density at radius 3 is 1.50 bits per heavy atom. The van der Waals surface area contributed by atoms with Crippen LogP contribution in [0.3, 0.4) is 0 Å². The largest absolute Gasteiger partial charge is 0.481 e. The summed E-state index contributed by atoms with van der Waals surface area (Å²) in [6, 6.07) is -0.457. The van der Waals surface area contributed by atoms with Crippen molar-refractivity contribution < 1.29 is 65.9 Å². The zero-order chi connectivity index (χ0) is 24.8. The Labute approximate surface area is 172 Å². The molecule has 0 aromatic heterocycles. The van der Waals surface area contributed by atoms with Crippen molar-refractivity contribution in [3.8, 4) is 0 Å². The third-order valence-electron chi connectivity index (χ3n) is 4.63. The minimum Gasteiger partial charge on any atom is -0.481 e. The van der Waals surface area contributed by atoms with E-state index in [1.807, 2.05) is 0 Å². The molecule has 0 radical (unpaired) electrons. The van der Waals surface area contributed by atoms with Crippen molar-refractivity contribution in [1.82, 2.24) is 0 Å². The average Bonchev–Trinajstić information content (AvgIpc) is 2.64. The fourth-order valence-electron chi connectivity index (χ4n) is 3.19. The molecule has 4 N–H and O–H groups in total. The van der Waals surface area contributed by atoms with Gasteiger partial charge >= 0.3 is 36.2 Å². The van der Waals surface area contributed by atoms with Crippen LogP contribution in [0.4, 0.5) is 26.3 Å². The van der Waals surface area contributed by atoms with Gasteiger partial charge in [-0.15, -0.1) is 0 Å². The van der Waals surface area contributed by atoms with E-state index in [-0.39, 0.29) is 30.4 Å². The number of hydrogen-bond donors (Lipinski definition) is 4. The zero-order valence-corrected chi connectivity index (χ0v) is 15.2. The highest BCUT2D eigenvalue weighted by Gasteiger charge is 2.54. The van der Waals surface area contributed by atoms with Gasteiger partial charge in [0.1, 0.15) is 5.41 Å². The van der Waals surface area contributed by atoms with E-state index in [4.69, 9.17) is 5.11 Å². The van der Waals surface area contributed by atoms with E-state index in [9.17, 15) is 60.8 Å². The molecule has 0 bridgehead atoms. The predicted molar refractivity (Wildman–Crippen MR) is 88.3 cm³/mol. The van der Waals surface area contributed by atoms with E-state index >= 15 is 0 Å². The summed E-state index contributed by atoms with van der Waals surface area (Å²) in [6.07, 6.45) is -10.7.